The molecule has 0 bridgehead atoms. The molecule has 1 aromatic rings. The molecule has 1 aromatic heterocycles. The first-order valence-corrected chi connectivity index (χ1v) is 8.32. The molecule has 0 saturated carbocycles. The van der Waals surface area contributed by atoms with Crippen molar-refractivity contribution >= 4 is 23.4 Å². The van der Waals surface area contributed by atoms with E-state index >= 15 is 0 Å². The van der Waals surface area contributed by atoms with Crippen LogP contribution in [0, 0.1) is 0 Å². The van der Waals surface area contributed by atoms with Crippen LogP contribution in [0.2, 0.25) is 0 Å². The molecular formula is C14H24N4S. The molecule has 1 fully saturated rings. The molecule has 1 N–H and O–H groups in total. The molecule has 4 nitrogen and oxygen atoms in total. The lowest BCUT2D eigenvalue weighted by Gasteiger charge is -2.25. The van der Waals surface area contributed by atoms with E-state index in [-0.39, 0.29) is 0 Å². The average molecular weight is 280 g/mol. The minimum atomic E-state index is 0.615. The van der Waals surface area contributed by atoms with Gasteiger partial charge in [-0.1, -0.05) is 6.92 Å². The van der Waals surface area contributed by atoms with Crippen LogP contribution in [-0.4, -0.2) is 41.1 Å². The van der Waals surface area contributed by atoms with Crippen LogP contribution in [0.4, 0.5) is 11.6 Å². The molecule has 19 heavy (non-hydrogen) atoms. The Morgan fingerprint density at radius 1 is 1.42 bits per heavy atom. The van der Waals surface area contributed by atoms with Gasteiger partial charge in [0.2, 0.25) is 0 Å². The van der Waals surface area contributed by atoms with Crippen molar-refractivity contribution in [1.82, 2.24) is 9.97 Å². The normalized spacial score (nSPS) is 18.6. The lowest BCUT2D eigenvalue weighted by atomic mass is 10.2. The number of hydrogen-bond acceptors (Lipinski definition) is 5. The van der Waals surface area contributed by atoms with Gasteiger partial charge in [-0.3, -0.25) is 0 Å². The quantitative estimate of drug-likeness (QED) is 0.868. The second-order valence-corrected chi connectivity index (χ2v) is 6.09. The summed E-state index contributed by atoms with van der Waals surface area (Å²) < 4.78 is 0. The molecule has 1 saturated heterocycles. The fourth-order valence-electron chi connectivity index (χ4n) is 2.29. The van der Waals surface area contributed by atoms with Crippen molar-refractivity contribution in [2.75, 3.05) is 35.3 Å². The first-order valence-electron chi connectivity index (χ1n) is 7.17. The van der Waals surface area contributed by atoms with Gasteiger partial charge in [-0.25, -0.2) is 9.97 Å². The Hall–Kier alpha value is -0.970. The van der Waals surface area contributed by atoms with Crippen molar-refractivity contribution in [3.05, 3.63) is 11.9 Å². The summed E-state index contributed by atoms with van der Waals surface area (Å²) in [7, 11) is 2.16. The second-order valence-electron chi connectivity index (χ2n) is 4.94. The summed E-state index contributed by atoms with van der Waals surface area (Å²) in [5.41, 5.74) is 0. The molecule has 0 amide bonds. The Morgan fingerprint density at radius 3 is 2.89 bits per heavy atom. The van der Waals surface area contributed by atoms with Crippen molar-refractivity contribution in [2.45, 2.75) is 39.2 Å². The number of hydrogen-bond donors (Lipinski definition) is 1. The van der Waals surface area contributed by atoms with E-state index in [2.05, 4.69) is 42.2 Å². The number of anilines is 2. The largest absolute Gasteiger partial charge is 0.370 e. The molecule has 0 spiro atoms. The Labute approximate surface area is 120 Å². The third-order valence-electron chi connectivity index (χ3n) is 3.41. The van der Waals surface area contributed by atoms with Gasteiger partial charge in [0.1, 0.15) is 17.5 Å². The van der Waals surface area contributed by atoms with Crippen LogP contribution >= 0.6 is 11.8 Å². The summed E-state index contributed by atoms with van der Waals surface area (Å²) >= 11 is 2.03. The molecular weight excluding hydrogens is 256 g/mol. The van der Waals surface area contributed by atoms with Gasteiger partial charge in [0, 0.05) is 37.9 Å². The third kappa shape index (κ3) is 3.75. The maximum Gasteiger partial charge on any atom is 0.134 e. The Balaban J connectivity index is 2.21. The van der Waals surface area contributed by atoms with Crippen LogP contribution in [0.5, 0.6) is 0 Å². The van der Waals surface area contributed by atoms with Gasteiger partial charge in [-0.05, 0) is 25.5 Å². The predicted molar refractivity (Wildman–Crippen MR) is 84.3 cm³/mol. The Morgan fingerprint density at radius 2 is 2.26 bits per heavy atom. The summed E-state index contributed by atoms with van der Waals surface area (Å²) in [5.74, 6) is 5.44. The van der Waals surface area contributed by atoms with Crippen LogP contribution < -0.4 is 10.2 Å². The lowest BCUT2D eigenvalue weighted by Crippen LogP contribution is -2.32. The van der Waals surface area contributed by atoms with Crippen LogP contribution in [0.15, 0.2) is 6.07 Å². The number of thioether (sulfide) groups is 1. The Kier molecular flexibility index (Phi) is 5.31. The van der Waals surface area contributed by atoms with E-state index in [0.29, 0.717) is 6.04 Å². The summed E-state index contributed by atoms with van der Waals surface area (Å²) in [6.07, 6.45) is 3.28. The maximum absolute atomic E-state index is 4.72. The van der Waals surface area contributed by atoms with Crippen molar-refractivity contribution < 1.29 is 0 Å². The van der Waals surface area contributed by atoms with E-state index in [1.54, 1.807) is 0 Å². The zero-order chi connectivity index (χ0) is 13.7. The van der Waals surface area contributed by atoms with E-state index in [1.807, 2.05) is 11.8 Å². The first kappa shape index (κ1) is 14.4. The highest BCUT2D eigenvalue weighted by Crippen LogP contribution is 2.26. The van der Waals surface area contributed by atoms with Crippen LogP contribution in [0.3, 0.4) is 0 Å². The van der Waals surface area contributed by atoms with E-state index in [4.69, 9.17) is 4.98 Å². The summed E-state index contributed by atoms with van der Waals surface area (Å²) in [5, 5.41) is 3.31. The molecule has 1 aliphatic rings. The number of aryl methyl sites for hydroxylation is 1. The highest BCUT2D eigenvalue weighted by Gasteiger charge is 2.21. The molecule has 1 aliphatic heterocycles. The number of nitrogens with zero attached hydrogens (tertiary/aromatic N) is 3. The van der Waals surface area contributed by atoms with Gasteiger partial charge in [0.05, 0.1) is 0 Å². The van der Waals surface area contributed by atoms with Crippen molar-refractivity contribution in [3.8, 4) is 0 Å². The zero-order valence-electron chi connectivity index (χ0n) is 12.1. The van der Waals surface area contributed by atoms with E-state index < -0.39 is 0 Å². The van der Waals surface area contributed by atoms with E-state index in [0.717, 1.165) is 36.8 Å². The number of rotatable bonds is 6. The van der Waals surface area contributed by atoms with Gasteiger partial charge in [-0.2, -0.15) is 11.8 Å². The van der Waals surface area contributed by atoms with E-state index in [9.17, 15) is 0 Å². The number of aromatic nitrogens is 2. The first-order chi connectivity index (χ1) is 9.24. The van der Waals surface area contributed by atoms with Crippen molar-refractivity contribution in [2.24, 2.45) is 0 Å². The molecule has 0 aliphatic carbocycles. The molecule has 2 heterocycles. The third-order valence-corrected chi connectivity index (χ3v) is 4.55. The minimum Gasteiger partial charge on any atom is -0.370 e. The Bertz CT molecular complexity index is 380. The summed E-state index contributed by atoms with van der Waals surface area (Å²) in [4.78, 5) is 11.6. The molecule has 0 radical (unpaired) electrons. The highest BCUT2D eigenvalue weighted by molar-refractivity contribution is 7.99. The molecule has 0 aromatic carbocycles. The van der Waals surface area contributed by atoms with Crippen molar-refractivity contribution in [1.29, 1.82) is 0 Å². The standard InChI is InChI=1S/C14H24N4S/c1-4-6-12-16-13(15-5-2)9-14(17-12)18(3)11-7-8-19-10-11/h9,11H,4-8,10H2,1-3H3,(H,15,16,17). The van der Waals surface area contributed by atoms with Crippen molar-refractivity contribution in [3.63, 3.8) is 0 Å². The zero-order valence-corrected chi connectivity index (χ0v) is 13.0. The fraction of sp³-hybridized carbons (Fsp3) is 0.714. The van der Waals surface area contributed by atoms with Gasteiger partial charge < -0.3 is 10.2 Å². The van der Waals surface area contributed by atoms with Crippen LogP contribution in [0.25, 0.3) is 0 Å². The SMILES string of the molecule is CCCc1nc(NCC)cc(N(C)C2CCSC2)n1. The monoisotopic (exact) mass is 280 g/mol. The summed E-state index contributed by atoms with van der Waals surface area (Å²) in [6.45, 7) is 5.16. The lowest BCUT2D eigenvalue weighted by molar-refractivity contribution is 0.686. The maximum atomic E-state index is 4.72. The molecule has 1 unspecified atom stereocenters. The van der Waals surface area contributed by atoms with Gasteiger partial charge in [0.25, 0.3) is 0 Å². The van der Waals surface area contributed by atoms with Gasteiger partial charge in [-0.15, -0.1) is 0 Å². The smallest absolute Gasteiger partial charge is 0.134 e. The minimum absolute atomic E-state index is 0.615. The predicted octanol–water partition coefficient (Wildman–Crippen LogP) is 2.80. The molecule has 2 rings (SSSR count). The fourth-order valence-corrected chi connectivity index (χ4v) is 3.55. The van der Waals surface area contributed by atoms with Crippen LogP contribution in [0.1, 0.15) is 32.5 Å². The van der Waals surface area contributed by atoms with Crippen LogP contribution in [-0.2, 0) is 6.42 Å². The summed E-state index contributed by atoms with van der Waals surface area (Å²) in [6, 6.07) is 2.69. The van der Waals surface area contributed by atoms with Gasteiger partial charge in [0.15, 0.2) is 0 Å². The van der Waals surface area contributed by atoms with E-state index in [1.165, 1.54) is 17.9 Å². The highest BCUT2D eigenvalue weighted by atomic mass is 32.2. The molecule has 106 valence electrons. The average Bonchev–Trinajstić information content (AvgIpc) is 2.92. The number of nitrogens with one attached hydrogen (secondary N) is 1. The molecule has 5 heteroatoms. The van der Waals surface area contributed by atoms with Gasteiger partial charge >= 0.3 is 0 Å². The second kappa shape index (κ2) is 6.98. The topological polar surface area (TPSA) is 41.1 Å². The molecule has 1 atom stereocenters.